The number of benzene rings is 1. The maximum atomic E-state index is 13.3. The third-order valence-electron chi connectivity index (χ3n) is 1.89. The summed E-state index contributed by atoms with van der Waals surface area (Å²) in [6.45, 7) is 4.06. The van der Waals surface area contributed by atoms with Crippen LogP contribution in [-0.2, 0) is 0 Å². The fraction of sp³-hybridized carbons (Fsp3) is 0.250. The molecule has 0 amide bonds. The van der Waals surface area contributed by atoms with E-state index in [0.29, 0.717) is 17.0 Å². The first-order chi connectivity index (χ1) is 6.65. The van der Waals surface area contributed by atoms with E-state index < -0.39 is 0 Å². The van der Waals surface area contributed by atoms with Crippen molar-refractivity contribution in [2.75, 3.05) is 0 Å². The molecule has 0 aliphatic heterocycles. The van der Waals surface area contributed by atoms with Gasteiger partial charge in [0, 0.05) is 17.3 Å². The highest BCUT2D eigenvalue weighted by Gasteiger charge is 2.02. The average molecular weight is 191 g/mol. The van der Waals surface area contributed by atoms with E-state index in [9.17, 15) is 4.39 Å². The van der Waals surface area contributed by atoms with E-state index in [1.165, 1.54) is 12.3 Å². The normalized spacial score (nSPS) is 11.1. The lowest BCUT2D eigenvalue weighted by molar-refractivity contribution is 0.624. The second-order valence-corrected chi connectivity index (χ2v) is 3.49. The van der Waals surface area contributed by atoms with Crippen molar-refractivity contribution in [2.45, 2.75) is 13.8 Å². The lowest BCUT2D eigenvalue weighted by Crippen LogP contribution is -1.91. The van der Waals surface area contributed by atoms with Crippen LogP contribution in [0.15, 0.2) is 24.3 Å². The minimum absolute atomic E-state index is 0.275. The Balaban J connectivity index is 3.11. The fourth-order valence-corrected chi connectivity index (χ4v) is 1.14. The standard InChI is InChI=1S/C12H14FN/c1-9(2)6-7-11-10(8-14)4-3-5-12(11)13/h3-9,14H,1-2H3/b7-6-,14-8?. The van der Waals surface area contributed by atoms with Gasteiger partial charge in [-0.1, -0.05) is 38.1 Å². The van der Waals surface area contributed by atoms with Gasteiger partial charge in [0.1, 0.15) is 5.82 Å². The van der Waals surface area contributed by atoms with Crippen LogP contribution >= 0.6 is 0 Å². The summed E-state index contributed by atoms with van der Waals surface area (Å²) >= 11 is 0. The molecule has 74 valence electrons. The summed E-state index contributed by atoms with van der Waals surface area (Å²) in [7, 11) is 0. The number of halogens is 1. The zero-order chi connectivity index (χ0) is 10.6. The Morgan fingerprint density at radius 2 is 2.07 bits per heavy atom. The SMILES string of the molecule is CC(C)/C=C\c1c(F)cccc1C=N. The third-order valence-corrected chi connectivity index (χ3v) is 1.89. The topological polar surface area (TPSA) is 23.9 Å². The molecular weight excluding hydrogens is 177 g/mol. The number of rotatable bonds is 3. The van der Waals surface area contributed by atoms with Crippen molar-refractivity contribution in [2.24, 2.45) is 5.92 Å². The summed E-state index contributed by atoms with van der Waals surface area (Å²) in [6, 6.07) is 4.76. The summed E-state index contributed by atoms with van der Waals surface area (Å²) in [4.78, 5) is 0. The fourth-order valence-electron chi connectivity index (χ4n) is 1.14. The van der Waals surface area contributed by atoms with Crippen molar-refractivity contribution in [3.63, 3.8) is 0 Å². The molecule has 0 fully saturated rings. The molecule has 0 aromatic heterocycles. The van der Waals surface area contributed by atoms with Gasteiger partial charge in [-0.05, 0) is 12.0 Å². The van der Waals surface area contributed by atoms with Gasteiger partial charge in [0.25, 0.3) is 0 Å². The minimum Gasteiger partial charge on any atom is -0.308 e. The molecule has 0 spiro atoms. The second-order valence-electron chi connectivity index (χ2n) is 3.49. The Labute approximate surface area is 83.8 Å². The van der Waals surface area contributed by atoms with Gasteiger partial charge < -0.3 is 5.41 Å². The lowest BCUT2D eigenvalue weighted by Gasteiger charge is -2.02. The molecular formula is C12H14FN. The van der Waals surface area contributed by atoms with E-state index in [1.807, 2.05) is 19.9 Å². The molecule has 1 aromatic carbocycles. The number of nitrogens with one attached hydrogen (secondary N) is 1. The van der Waals surface area contributed by atoms with Gasteiger partial charge in [-0.2, -0.15) is 0 Å². The molecule has 2 heteroatoms. The van der Waals surface area contributed by atoms with Crippen molar-refractivity contribution in [1.29, 1.82) is 5.41 Å². The molecule has 0 heterocycles. The van der Waals surface area contributed by atoms with Crippen molar-refractivity contribution >= 4 is 12.3 Å². The molecule has 1 nitrogen and oxygen atoms in total. The molecule has 0 atom stereocenters. The summed E-state index contributed by atoms with van der Waals surface area (Å²) in [6.07, 6.45) is 4.83. The molecule has 0 saturated heterocycles. The van der Waals surface area contributed by atoms with Crippen molar-refractivity contribution < 1.29 is 4.39 Å². The van der Waals surface area contributed by atoms with Crippen molar-refractivity contribution in [3.05, 3.63) is 41.2 Å². The number of hydrogen-bond donors (Lipinski definition) is 1. The summed E-state index contributed by atoms with van der Waals surface area (Å²) in [5.41, 5.74) is 1.11. The smallest absolute Gasteiger partial charge is 0.131 e. The molecule has 1 aromatic rings. The predicted octanol–water partition coefficient (Wildman–Crippen LogP) is 3.49. The van der Waals surface area contributed by atoms with Crippen LogP contribution in [0.5, 0.6) is 0 Å². The van der Waals surface area contributed by atoms with Gasteiger partial charge in [-0.3, -0.25) is 0 Å². The maximum Gasteiger partial charge on any atom is 0.131 e. The van der Waals surface area contributed by atoms with E-state index >= 15 is 0 Å². The van der Waals surface area contributed by atoms with Gasteiger partial charge in [0.2, 0.25) is 0 Å². The molecule has 0 unspecified atom stereocenters. The first-order valence-corrected chi connectivity index (χ1v) is 4.62. The Bertz CT molecular complexity index is 353. The molecule has 0 aliphatic rings. The third kappa shape index (κ3) is 2.52. The predicted molar refractivity (Wildman–Crippen MR) is 58.2 cm³/mol. The zero-order valence-corrected chi connectivity index (χ0v) is 8.42. The Morgan fingerprint density at radius 1 is 1.36 bits per heavy atom. The molecule has 1 N–H and O–H groups in total. The van der Waals surface area contributed by atoms with Crippen molar-refractivity contribution in [3.8, 4) is 0 Å². The molecule has 1 rings (SSSR count). The molecule has 14 heavy (non-hydrogen) atoms. The second kappa shape index (κ2) is 4.70. The highest BCUT2D eigenvalue weighted by atomic mass is 19.1. The van der Waals surface area contributed by atoms with Gasteiger partial charge in [0.05, 0.1) is 0 Å². The number of hydrogen-bond acceptors (Lipinski definition) is 1. The highest BCUT2D eigenvalue weighted by molar-refractivity contribution is 5.83. The summed E-state index contributed by atoms with van der Waals surface area (Å²) in [5.74, 6) is 0.107. The Morgan fingerprint density at radius 3 is 2.64 bits per heavy atom. The summed E-state index contributed by atoms with van der Waals surface area (Å²) < 4.78 is 13.3. The van der Waals surface area contributed by atoms with Crippen LogP contribution in [0.4, 0.5) is 4.39 Å². The average Bonchev–Trinajstić information content (AvgIpc) is 2.15. The van der Waals surface area contributed by atoms with Crippen LogP contribution in [0.3, 0.4) is 0 Å². The van der Waals surface area contributed by atoms with E-state index in [2.05, 4.69) is 0 Å². The minimum atomic E-state index is -0.275. The Kier molecular flexibility index (Phi) is 3.57. The highest BCUT2D eigenvalue weighted by Crippen LogP contribution is 2.14. The first-order valence-electron chi connectivity index (χ1n) is 4.62. The van der Waals surface area contributed by atoms with E-state index in [4.69, 9.17) is 5.41 Å². The quantitative estimate of drug-likeness (QED) is 0.707. The maximum absolute atomic E-state index is 13.3. The molecule has 0 radical (unpaired) electrons. The van der Waals surface area contributed by atoms with Crippen LogP contribution in [0.1, 0.15) is 25.0 Å². The molecule has 0 saturated carbocycles. The lowest BCUT2D eigenvalue weighted by atomic mass is 10.1. The summed E-state index contributed by atoms with van der Waals surface area (Å²) in [5, 5.41) is 7.14. The van der Waals surface area contributed by atoms with Crippen LogP contribution in [0.25, 0.3) is 6.08 Å². The monoisotopic (exact) mass is 191 g/mol. The van der Waals surface area contributed by atoms with E-state index in [1.54, 1.807) is 18.2 Å². The number of allylic oxidation sites excluding steroid dienone is 1. The van der Waals surface area contributed by atoms with E-state index in [0.717, 1.165) is 0 Å². The van der Waals surface area contributed by atoms with Gasteiger partial charge >= 0.3 is 0 Å². The Hall–Kier alpha value is -1.44. The van der Waals surface area contributed by atoms with Gasteiger partial charge in [-0.25, -0.2) is 4.39 Å². The zero-order valence-electron chi connectivity index (χ0n) is 8.42. The van der Waals surface area contributed by atoms with Crippen LogP contribution in [0, 0.1) is 17.1 Å². The van der Waals surface area contributed by atoms with Crippen LogP contribution in [0.2, 0.25) is 0 Å². The van der Waals surface area contributed by atoms with Crippen LogP contribution < -0.4 is 0 Å². The molecule has 0 bridgehead atoms. The van der Waals surface area contributed by atoms with Gasteiger partial charge in [-0.15, -0.1) is 0 Å². The van der Waals surface area contributed by atoms with Gasteiger partial charge in [0.15, 0.2) is 0 Å². The van der Waals surface area contributed by atoms with E-state index in [-0.39, 0.29) is 5.82 Å². The first kappa shape index (κ1) is 10.6. The van der Waals surface area contributed by atoms with Crippen molar-refractivity contribution in [1.82, 2.24) is 0 Å². The largest absolute Gasteiger partial charge is 0.308 e. The van der Waals surface area contributed by atoms with Crippen LogP contribution in [-0.4, -0.2) is 6.21 Å². The molecule has 0 aliphatic carbocycles.